The highest BCUT2D eigenvalue weighted by Crippen LogP contribution is 2.40. The molecule has 0 spiro atoms. The molecule has 0 aliphatic heterocycles. The molecule has 0 saturated heterocycles. The van der Waals surface area contributed by atoms with Crippen molar-refractivity contribution in [1.82, 2.24) is 9.97 Å². The predicted octanol–water partition coefficient (Wildman–Crippen LogP) is 3.37. The van der Waals surface area contributed by atoms with Gasteiger partial charge in [0.25, 0.3) is 0 Å². The number of anilines is 1. The predicted molar refractivity (Wildman–Crippen MR) is 71.6 cm³/mol. The highest BCUT2D eigenvalue weighted by atomic mass is 79.9. The third-order valence-electron chi connectivity index (χ3n) is 2.88. The fraction of sp³-hybridized carbons (Fsp3) is 0.231. The molecular weight excluding hydrogens is 278 g/mol. The van der Waals surface area contributed by atoms with E-state index in [2.05, 4.69) is 25.9 Å². The average molecular weight is 290 g/mol. The van der Waals surface area contributed by atoms with Crippen LogP contribution in [0.1, 0.15) is 24.5 Å². The minimum absolute atomic E-state index is 0.549. The van der Waals surface area contributed by atoms with Crippen molar-refractivity contribution in [2.24, 2.45) is 0 Å². The normalized spacial score (nSPS) is 14.9. The largest absolute Gasteiger partial charge is 0.384 e. The number of halogens is 1. The van der Waals surface area contributed by atoms with Crippen LogP contribution in [0.3, 0.4) is 0 Å². The van der Waals surface area contributed by atoms with Gasteiger partial charge in [0.15, 0.2) is 5.82 Å². The van der Waals surface area contributed by atoms with Crippen LogP contribution in [0.4, 0.5) is 5.82 Å². The van der Waals surface area contributed by atoms with Gasteiger partial charge in [0.1, 0.15) is 5.82 Å². The summed E-state index contributed by atoms with van der Waals surface area (Å²) in [4.78, 5) is 8.92. The Hall–Kier alpha value is -1.42. The molecule has 2 aromatic rings. The standard InChI is InChI=1S/C13H12BrN3/c14-10-4-2-1-3-9(10)13-16-11(8-5-6-8)7-12(15)17-13/h1-4,7-8H,5-6H2,(H2,15,16,17). The summed E-state index contributed by atoms with van der Waals surface area (Å²) in [5.74, 6) is 1.84. The van der Waals surface area contributed by atoms with Gasteiger partial charge in [-0.3, -0.25) is 0 Å². The number of aromatic nitrogens is 2. The van der Waals surface area contributed by atoms with Crippen molar-refractivity contribution in [3.63, 3.8) is 0 Å². The second-order valence-corrected chi connectivity index (χ2v) is 5.15. The molecule has 1 fully saturated rings. The molecule has 1 aliphatic carbocycles. The van der Waals surface area contributed by atoms with E-state index in [1.54, 1.807) is 0 Å². The van der Waals surface area contributed by atoms with Crippen LogP contribution in [0.25, 0.3) is 11.4 Å². The van der Waals surface area contributed by atoms with Gasteiger partial charge in [-0.05, 0) is 18.9 Å². The van der Waals surface area contributed by atoms with E-state index < -0.39 is 0 Å². The molecule has 0 bridgehead atoms. The molecule has 1 aliphatic rings. The summed E-state index contributed by atoms with van der Waals surface area (Å²) in [6.07, 6.45) is 2.43. The van der Waals surface area contributed by atoms with Gasteiger partial charge in [-0.15, -0.1) is 0 Å². The molecule has 17 heavy (non-hydrogen) atoms. The van der Waals surface area contributed by atoms with Crippen LogP contribution in [0.15, 0.2) is 34.8 Å². The molecule has 86 valence electrons. The molecular formula is C13H12BrN3. The zero-order valence-electron chi connectivity index (χ0n) is 9.23. The Balaban J connectivity index is 2.11. The zero-order chi connectivity index (χ0) is 11.8. The highest BCUT2D eigenvalue weighted by Gasteiger charge is 2.26. The monoisotopic (exact) mass is 289 g/mol. The van der Waals surface area contributed by atoms with E-state index in [1.807, 2.05) is 30.3 Å². The SMILES string of the molecule is Nc1cc(C2CC2)nc(-c2ccccc2Br)n1. The third-order valence-corrected chi connectivity index (χ3v) is 3.57. The van der Waals surface area contributed by atoms with E-state index in [9.17, 15) is 0 Å². The van der Waals surface area contributed by atoms with Crippen LogP contribution in [0.2, 0.25) is 0 Å². The van der Waals surface area contributed by atoms with Crippen molar-refractivity contribution in [2.45, 2.75) is 18.8 Å². The van der Waals surface area contributed by atoms with Gasteiger partial charge in [-0.2, -0.15) is 0 Å². The van der Waals surface area contributed by atoms with Gasteiger partial charge in [0.2, 0.25) is 0 Å². The van der Waals surface area contributed by atoms with Gasteiger partial charge in [-0.1, -0.05) is 34.1 Å². The maximum Gasteiger partial charge on any atom is 0.162 e. The second-order valence-electron chi connectivity index (χ2n) is 4.30. The number of nitrogen functional groups attached to an aromatic ring is 1. The van der Waals surface area contributed by atoms with Crippen molar-refractivity contribution >= 4 is 21.7 Å². The second kappa shape index (κ2) is 4.11. The number of nitrogens with two attached hydrogens (primary N) is 1. The molecule has 2 N–H and O–H groups in total. The van der Waals surface area contributed by atoms with Crippen molar-refractivity contribution in [2.75, 3.05) is 5.73 Å². The minimum Gasteiger partial charge on any atom is -0.384 e. The Bertz CT molecular complexity index is 564. The highest BCUT2D eigenvalue weighted by molar-refractivity contribution is 9.10. The first kappa shape index (κ1) is 10.7. The maximum absolute atomic E-state index is 5.85. The fourth-order valence-electron chi connectivity index (χ4n) is 1.84. The molecule has 3 nitrogen and oxygen atoms in total. The van der Waals surface area contributed by atoms with Crippen LogP contribution in [-0.2, 0) is 0 Å². The van der Waals surface area contributed by atoms with Gasteiger partial charge < -0.3 is 5.73 Å². The number of hydrogen-bond acceptors (Lipinski definition) is 3. The molecule has 3 rings (SSSR count). The first-order valence-electron chi connectivity index (χ1n) is 5.63. The summed E-state index contributed by atoms with van der Waals surface area (Å²) in [5.41, 5.74) is 7.91. The van der Waals surface area contributed by atoms with Crippen LogP contribution >= 0.6 is 15.9 Å². The quantitative estimate of drug-likeness (QED) is 0.922. The molecule has 1 aromatic carbocycles. The van der Waals surface area contributed by atoms with Crippen molar-refractivity contribution < 1.29 is 0 Å². The van der Waals surface area contributed by atoms with Crippen LogP contribution in [0, 0.1) is 0 Å². The molecule has 0 atom stereocenters. The summed E-state index contributed by atoms with van der Waals surface area (Å²) in [6.45, 7) is 0. The first-order chi connectivity index (χ1) is 8.24. The Labute approximate surface area is 108 Å². The average Bonchev–Trinajstić information content (AvgIpc) is 3.12. The van der Waals surface area contributed by atoms with E-state index >= 15 is 0 Å². The van der Waals surface area contributed by atoms with Crippen LogP contribution in [0.5, 0.6) is 0 Å². The van der Waals surface area contributed by atoms with E-state index in [1.165, 1.54) is 12.8 Å². The van der Waals surface area contributed by atoms with Crippen molar-refractivity contribution in [1.29, 1.82) is 0 Å². The molecule has 4 heteroatoms. The third kappa shape index (κ3) is 2.17. The molecule has 0 unspecified atom stereocenters. The number of nitrogens with zero attached hydrogens (tertiary/aromatic N) is 2. The molecule has 1 saturated carbocycles. The fourth-order valence-corrected chi connectivity index (χ4v) is 2.30. The molecule has 0 amide bonds. The lowest BCUT2D eigenvalue weighted by atomic mass is 10.2. The van der Waals surface area contributed by atoms with Crippen LogP contribution in [-0.4, -0.2) is 9.97 Å². The lowest BCUT2D eigenvalue weighted by Gasteiger charge is -2.06. The number of rotatable bonds is 2. The van der Waals surface area contributed by atoms with Crippen LogP contribution < -0.4 is 5.73 Å². The van der Waals surface area contributed by atoms with Gasteiger partial charge >= 0.3 is 0 Å². The zero-order valence-corrected chi connectivity index (χ0v) is 10.8. The summed E-state index contributed by atoms with van der Waals surface area (Å²) >= 11 is 3.51. The number of hydrogen-bond donors (Lipinski definition) is 1. The molecule has 1 aromatic heterocycles. The Morgan fingerprint density at radius 2 is 1.94 bits per heavy atom. The van der Waals surface area contributed by atoms with Gasteiger partial charge in [-0.25, -0.2) is 9.97 Å². The summed E-state index contributed by atoms with van der Waals surface area (Å²) in [7, 11) is 0. The Kier molecular flexibility index (Phi) is 2.59. The van der Waals surface area contributed by atoms with E-state index in [-0.39, 0.29) is 0 Å². The minimum atomic E-state index is 0.549. The summed E-state index contributed by atoms with van der Waals surface area (Å²) in [6, 6.07) is 9.82. The van der Waals surface area contributed by atoms with Gasteiger partial charge in [0, 0.05) is 27.7 Å². The maximum atomic E-state index is 5.85. The summed E-state index contributed by atoms with van der Waals surface area (Å²) in [5, 5.41) is 0. The lowest BCUT2D eigenvalue weighted by Crippen LogP contribution is -1.99. The molecule has 0 radical (unpaired) electrons. The van der Waals surface area contributed by atoms with Gasteiger partial charge in [0.05, 0.1) is 0 Å². The van der Waals surface area contributed by atoms with E-state index in [0.717, 1.165) is 15.7 Å². The van der Waals surface area contributed by atoms with E-state index in [4.69, 9.17) is 5.73 Å². The van der Waals surface area contributed by atoms with Crippen molar-refractivity contribution in [3.8, 4) is 11.4 Å². The summed E-state index contributed by atoms with van der Waals surface area (Å²) < 4.78 is 0.993. The first-order valence-corrected chi connectivity index (χ1v) is 6.42. The van der Waals surface area contributed by atoms with Crippen molar-refractivity contribution in [3.05, 3.63) is 40.5 Å². The Morgan fingerprint density at radius 1 is 1.18 bits per heavy atom. The Morgan fingerprint density at radius 3 is 2.65 bits per heavy atom. The lowest BCUT2D eigenvalue weighted by molar-refractivity contribution is 0.998. The topological polar surface area (TPSA) is 51.8 Å². The van der Waals surface area contributed by atoms with E-state index in [0.29, 0.717) is 17.6 Å². The number of benzene rings is 1. The smallest absolute Gasteiger partial charge is 0.162 e. The molecule has 1 heterocycles.